The molecule has 0 heterocycles. The molecule has 0 N–H and O–H groups in total. The fourth-order valence-corrected chi connectivity index (χ4v) is 6.52. The number of ether oxygens (including phenoxy) is 10. The topological polar surface area (TPSA) is 133 Å². The van der Waals surface area contributed by atoms with E-state index in [-0.39, 0.29) is 38.0 Å². The number of unbranched alkanes of at least 4 members (excludes halogenated alkanes) is 13. The normalized spacial score (nSPS) is 11.7. The summed E-state index contributed by atoms with van der Waals surface area (Å²) in [6.07, 6.45) is 20.7. The van der Waals surface area contributed by atoms with E-state index in [4.69, 9.17) is 47.4 Å². The molecule has 14 heteroatoms. The zero-order valence-electron chi connectivity index (χ0n) is 41.9. The second-order valence-corrected chi connectivity index (χ2v) is 16.5. The van der Waals surface area contributed by atoms with E-state index in [0.717, 1.165) is 52.1 Å². The fourth-order valence-electron chi connectivity index (χ4n) is 6.52. The lowest BCUT2D eigenvalue weighted by molar-refractivity contribution is -0.146. The Hall–Kier alpha value is -1.46. The second-order valence-electron chi connectivity index (χ2n) is 16.5. The van der Waals surface area contributed by atoms with Crippen molar-refractivity contribution in [3.8, 4) is 0 Å². The van der Waals surface area contributed by atoms with E-state index in [1.807, 2.05) is 0 Å². The van der Waals surface area contributed by atoms with Gasteiger partial charge < -0.3 is 47.4 Å². The maximum Gasteiger partial charge on any atom is 0.305 e. The zero-order chi connectivity index (χ0) is 46.5. The van der Waals surface area contributed by atoms with E-state index in [1.165, 1.54) is 77.0 Å². The molecule has 382 valence electrons. The summed E-state index contributed by atoms with van der Waals surface area (Å²) >= 11 is 0. The highest BCUT2D eigenvalue weighted by atomic mass is 16.5. The number of esters is 2. The van der Waals surface area contributed by atoms with Crippen LogP contribution in [0.25, 0.3) is 0 Å². The third-order valence-corrected chi connectivity index (χ3v) is 10.6. The van der Waals surface area contributed by atoms with Crippen LogP contribution in [0.5, 0.6) is 0 Å². The molecule has 0 aliphatic heterocycles. The Balaban J connectivity index is 4.44. The van der Waals surface area contributed by atoms with Gasteiger partial charge >= 0.3 is 11.9 Å². The molecule has 0 aliphatic rings. The van der Waals surface area contributed by atoms with Crippen LogP contribution in [0.2, 0.25) is 0 Å². The molecule has 0 aromatic rings. The molecule has 64 heavy (non-hydrogen) atoms. The van der Waals surface area contributed by atoms with Gasteiger partial charge in [0.1, 0.15) is 13.2 Å². The molecule has 0 rings (SSSR count). The zero-order valence-corrected chi connectivity index (χ0v) is 41.9. The molecule has 0 bridgehead atoms. The summed E-state index contributed by atoms with van der Waals surface area (Å²) in [6, 6.07) is 0. The van der Waals surface area contributed by atoms with Gasteiger partial charge in [0.05, 0.1) is 79.3 Å². The van der Waals surface area contributed by atoms with Crippen molar-refractivity contribution in [2.45, 2.75) is 156 Å². The van der Waals surface area contributed by atoms with E-state index in [0.29, 0.717) is 131 Å². The van der Waals surface area contributed by atoms with Gasteiger partial charge in [-0.2, -0.15) is 0 Å². The van der Waals surface area contributed by atoms with Gasteiger partial charge in [0, 0.05) is 78.5 Å². The Morgan fingerprint density at radius 3 is 0.750 bits per heavy atom. The first-order valence-electron chi connectivity index (χ1n) is 25.9. The molecule has 0 aromatic heterocycles. The van der Waals surface area contributed by atoms with Crippen LogP contribution in [-0.2, 0) is 57.0 Å². The van der Waals surface area contributed by atoms with E-state index in [2.05, 4.69) is 37.5 Å². The highest BCUT2D eigenvalue weighted by molar-refractivity contribution is 5.70. The summed E-state index contributed by atoms with van der Waals surface area (Å²) in [6.45, 7) is 23.4. The molecule has 0 radical (unpaired) electrons. The van der Waals surface area contributed by atoms with E-state index >= 15 is 0 Å². The van der Waals surface area contributed by atoms with Crippen LogP contribution in [-0.4, -0.2) is 180 Å². The van der Waals surface area contributed by atoms with Crippen molar-refractivity contribution in [1.29, 1.82) is 0 Å². The molecule has 0 spiro atoms. The number of rotatable bonds is 55. The van der Waals surface area contributed by atoms with Crippen molar-refractivity contribution in [3.05, 3.63) is 0 Å². The monoisotopic (exact) mass is 921 g/mol. The van der Waals surface area contributed by atoms with Gasteiger partial charge in [0.2, 0.25) is 0 Å². The molecule has 0 saturated heterocycles. The minimum atomic E-state index is -0.259. The number of hydrogen-bond donors (Lipinski definition) is 0. The lowest BCUT2D eigenvalue weighted by Gasteiger charge is -2.22. The van der Waals surface area contributed by atoms with Gasteiger partial charge in [0.25, 0.3) is 0 Å². The molecule has 0 unspecified atom stereocenters. The lowest BCUT2D eigenvalue weighted by atomic mass is 10.2. The second kappa shape index (κ2) is 54.1. The van der Waals surface area contributed by atoms with Crippen molar-refractivity contribution < 1.29 is 57.0 Å². The Kier molecular flexibility index (Phi) is 52.9. The third-order valence-electron chi connectivity index (χ3n) is 10.6. The van der Waals surface area contributed by atoms with Crippen molar-refractivity contribution in [2.75, 3.05) is 158 Å². The molecular formula is C50H100N2O12. The van der Waals surface area contributed by atoms with Crippen LogP contribution in [0, 0.1) is 0 Å². The summed E-state index contributed by atoms with van der Waals surface area (Å²) < 4.78 is 57.2. The molecule has 0 amide bonds. The lowest BCUT2D eigenvalue weighted by Crippen LogP contribution is -2.35. The van der Waals surface area contributed by atoms with Gasteiger partial charge in [0.15, 0.2) is 0 Å². The Labute approximate surface area is 392 Å². The van der Waals surface area contributed by atoms with Gasteiger partial charge in [-0.25, -0.2) is 0 Å². The fraction of sp³-hybridized carbons (Fsp3) is 0.960. The van der Waals surface area contributed by atoms with Crippen molar-refractivity contribution in [3.63, 3.8) is 0 Å². The first-order chi connectivity index (χ1) is 31.6. The number of carbonyl (C=O) groups is 2. The highest BCUT2D eigenvalue weighted by Crippen LogP contribution is 2.05. The minimum absolute atomic E-state index is 0.259. The SMILES string of the molecule is CCCCCCOCCOCCN(CCOCCOCCCCCC)CCOC(=O)CCCCC(=O)OCCN(CCOCCOCCCCCC)CCOCCOCCCCCC. The first-order valence-corrected chi connectivity index (χ1v) is 25.9. The van der Waals surface area contributed by atoms with Gasteiger partial charge in [-0.1, -0.05) is 105 Å². The summed E-state index contributed by atoms with van der Waals surface area (Å²) in [5.74, 6) is -0.518. The molecule has 0 fully saturated rings. The molecule has 14 nitrogen and oxygen atoms in total. The van der Waals surface area contributed by atoms with E-state index in [1.54, 1.807) is 0 Å². The van der Waals surface area contributed by atoms with Gasteiger partial charge in [-0.3, -0.25) is 19.4 Å². The smallest absolute Gasteiger partial charge is 0.305 e. The average Bonchev–Trinajstić information content (AvgIpc) is 3.29. The van der Waals surface area contributed by atoms with Crippen LogP contribution in [0.3, 0.4) is 0 Å². The largest absolute Gasteiger partial charge is 0.464 e. The predicted molar refractivity (Wildman–Crippen MR) is 256 cm³/mol. The predicted octanol–water partition coefficient (Wildman–Crippen LogP) is 8.69. The number of carbonyl (C=O) groups excluding carboxylic acids is 2. The van der Waals surface area contributed by atoms with Crippen LogP contribution < -0.4 is 0 Å². The first kappa shape index (κ1) is 62.5. The van der Waals surface area contributed by atoms with Crippen molar-refractivity contribution in [2.24, 2.45) is 0 Å². The maximum atomic E-state index is 12.5. The Morgan fingerprint density at radius 1 is 0.266 bits per heavy atom. The number of nitrogens with zero attached hydrogens (tertiary/aromatic N) is 2. The molecule has 0 saturated carbocycles. The van der Waals surface area contributed by atoms with Gasteiger partial charge in [-0.15, -0.1) is 0 Å². The third kappa shape index (κ3) is 50.0. The Bertz CT molecular complexity index is 817. The van der Waals surface area contributed by atoms with Crippen molar-refractivity contribution in [1.82, 2.24) is 9.80 Å². The molecule has 0 aliphatic carbocycles. The van der Waals surface area contributed by atoms with E-state index < -0.39 is 0 Å². The average molecular weight is 921 g/mol. The van der Waals surface area contributed by atoms with E-state index in [9.17, 15) is 9.59 Å². The van der Waals surface area contributed by atoms with Crippen LogP contribution in [0.4, 0.5) is 0 Å². The summed E-state index contributed by atoms with van der Waals surface area (Å²) in [5.41, 5.74) is 0. The van der Waals surface area contributed by atoms with Crippen molar-refractivity contribution >= 4 is 11.9 Å². The highest BCUT2D eigenvalue weighted by Gasteiger charge is 2.11. The van der Waals surface area contributed by atoms with Gasteiger partial charge in [-0.05, 0) is 38.5 Å². The summed E-state index contributed by atoms with van der Waals surface area (Å²) in [5, 5.41) is 0. The number of hydrogen-bond acceptors (Lipinski definition) is 14. The molecular weight excluding hydrogens is 821 g/mol. The quantitative estimate of drug-likeness (QED) is 0.0426. The summed E-state index contributed by atoms with van der Waals surface area (Å²) in [4.78, 5) is 29.5. The van der Waals surface area contributed by atoms with Crippen LogP contribution in [0.15, 0.2) is 0 Å². The van der Waals surface area contributed by atoms with Crippen LogP contribution >= 0.6 is 0 Å². The molecule has 0 atom stereocenters. The van der Waals surface area contributed by atoms with Crippen LogP contribution in [0.1, 0.15) is 156 Å². The molecule has 0 aromatic carbocycles. The minimum Gasteiger partial charge on any atom is -0.464 e. The maximum absolute atomic E-state index is 12.5. The Morgan fingerprint density at radius 2 is 0.500 bits per heavy atom. The summed E-state index contributed by atoms with van der Waals surface area (Å²) in [7, 11) is 0. The standard InChI is InChI=1S/C50H100N2O12/c1-5-9-13-19-31-55-41-45-59-35-25-51(26-36-60-46-42-56-32-20-14-10-6-2)29-39-63-49(53)23-17-18-24-50(54)64-40-30-52(27-37-61-47-43-57-33-21-15-11-7-3)28-38-62-48-44-58-34-22-16-12-8-4/h5-48H2,1-4H3.